The summed E-state index contributed by atoms with van der Waals surface area (Å²) >= 11 is 6.28. The summed E-state index contributed by atoms with van der Waals surface area (Å²) in [5.41, 5.74) is 0.651. The molecule has 1 aromatic rings. The van der Waals surface area contributed by atoms with Gasteiger partial charge in [0.1, 0.15) is 6.04 Å². The first-order valence-electron chi connectivity index (χ1n) is 9.45. The molecule has 1 unspecified atom stereocenters. The molecule has 0 aliphatic heterocycles. The Bertz CT molecular complexity index is 774. The van der Waals surface area contributed by atoms with Crippen molar-refractivity contribution in [3.8, 4) is 0 Å². The Morgan fingerprint density at radius 2 is 1.47 bits per heavy atom. The lowest BCUT2D eigenvalue weighted by molar-refractivity contribution is -0.174. The lowest BCUT2D eigenvalue weighted by Crippen LogP contribution is -2.52. The van der Waals surface area contributed by atoms with Crippen molar-refractivity contribution in [3.63, 3.8) is 0 Å². The van der Waals surface area contributed by atoms with E-state index in [2.05, 4.69) is 5.32 Å². The number of amides is 3. The Hall–Kier alpha value is -2.50. The minimum Gasteiger partial charge on any atom is -0.350 e. The number of nitrogens with one attached hydrogen (secondary N) is 3. The van der Waals surface area contributed by atoms with E-state index in [4.69, 9.17) is 11.6 Å². The second kappa shape index (κ2) is 11.9. The number of rotatable bonds is 10. The lowest BCUT2D eigenvalue weighted by Gasteiger charge is -2.24. The zero-order chi connectivity index (χ0) is 24.5. The fourth-order valence-electron chi connectivity index (χ4n) is 2.61. The van der Waals surface area contributed by atoms with Crippen molar-refractivity contribution in [3.05, 3.63) is 35.9 Å². The molecule has 0 saturated carbocycles. The Labute approximate surface area is 185 Å². The molecule has 0 heterocycles. The Balaban J connectivity index is 2.70. The predicted octanol–water partition coefficient (Wildman–Crippen LogP) is 3.37. The second-order valence-corrected chi connectivity index (χ2v) is 7.35. The van der Waals surface area contributed by atoms with E-state index in [9.17, 15) is 40.7 Å². The Morgan fingerprint density at radius 1 is 0.906 bits per heavy atom. The normalized spacial score (nSPS) is 14.8. The lowest BCUT2D eigenvalue weighted by atomic mass is 10.0. The standard InChI is InChI=1S/C19H22ClF6N3O3/c1-11(14(20)12-7-3-2-4-8-12)28-15(30)13(29-17(32)19(24,25)26)9-5-6-10-27-16(31)18(21,22)23/h2-4,7-8,11,13-14H,5-6,9-10H2,1H3,(H,27,31)(H,28,30)(H,29,32)/t11-,13?,14+/m0/s1. The third kappa shape index (κ3) is 9.33. The fraction of sp³-hybridized carbons (Fsp3) is 0.526. The number of halogens is 7. The van der Waals surface area contributed by atoms with Gasteiger partial charge < -0.3 is 16.0 Å². The molecule has 0 fully saturated rings. The van der Waals surface area contributed by atoms with E-state index in [-0.39, 0.29) is 19.3 Å². The fourth-order valence-corrected chi connectivity index (χ4v) is 2.82. The van der Waals surface area contributed by atoms with Crippen LogP contribution in [-0.2, 0) is 14.4 Å². The molecule has 3 atom stereocenters. The second-order valence-electron chi connectivity index (χ2n) is 6.88. The van der Waals surface area contributed by atoms with Crippen LogP contribution in [-0.4, -0.2) is 48.7 Å². The van der Waals surface area contributed by atoms with Gasteiger partial charge in [-0.3, -0.25) is 14.4 Å². The number of hydrogen-bond donors (Lipinski definition) is 3. The Morgan fingerprint density at radius 3 is 2.00 bits per heavy atom. The highest BCUT2D eigenvalue weighted by Gasteiger charge is 2.41. The molecule has 0 aromatic heterocycles. The molecule has 6 nitrogen and oxygen atoms in total. The van der Waals surface area contributed by atoms with Crippen LogP contribution in [0.2, 0.25) is 0 Å². The number of benzene rings is 1. The summed E-state index contributed by atoms with van der Waals surface area (Å²) in [6.07, 6.45) is -10.7. The van der Waals surface area contributed by atoms with Crippen molar-refractivity contribution in [1.82, 2.24) is 16.0 Å². The number of unbranched alkanes of at least 4 members (excludes halogenated alkanes) is 1. The summed E-state index contributed by atoms with van der Waals surface area (Å²) in [6.45, 7) is 1.12. The average Bonchev–Trinajstić information content (AvgIpc) is 2.70. The molecule has 0 aliphatic carbocycles. The van der Waals surface area contributed by atoms with Crippen LogP contribution >= 0.6 is 11.6 Å². The summed E-state index contributed by atoms with van der Waals surface area (Å²) in [5.74, 6) is -5.42. The molecule has 3 N–H and O–H groups in total. The highest BCUT2D eigenvalue weighted by atomic mass is 35.5. The summed E-state index contributed by atoms with van der Waals surface area (Å²) in [6, 6.07) is 6.23. The summed E-state index contributed by atoms with van der Waals surface area (Å²) in [5, 5.41) is 4.92. The summed E-state index contributed by atoms with van der Waals surface area (Å²) < 4.78 is 74.2. The molecule has 1 rings (SSSR count). The van der Waals surface area contributed by atoms with Crippen molar-refractivity contribution >= 4 is 29.3 Å². The zero-order valence-corrected chi connectivity index (χ0v) is 17.6. The zero-order valence-electron chi connectivity index (χ0n) is 16.8. The molecule has 1 aromatic carbocycles. The van der Waals surface area contributed by atoms with Gasteiger partial charge in [0.2, 0.25) is 5.91 Å². The van der Waals surface area contributed by atoms with Crippen molar-refractivity contribution in [2.45, 2.75) is 56.0 Å². The highest BCUT2D eigenvalue weighted by Crippen LogP contribution is 2.24. The van der Waals surface area contributed by atoms with Crippen LogP contribution in [0.25, 0.3) is 0 Å². The quantitative estimate of drug-likeness (QED) is 0.267. The minimum atomic E-state index is -5.23. The SMILES string of the molecule is C[C@H](NC(=O)C(CCCCNC(=O)C(F)(F)F)NC(=O)C(F)(F)F)[C@@H](Cl)c1ccccc1. The predicted molar refractivity (Wildman–Crippen MR) is 104 cm³/mol. The van der Waals surface area contributed by atoms with Crippen LogP contribution in [0.3, 0.4) is 0 Å². The molecule has 0 bridgehead atoms. The average molecular weight is 490 g/mol. The molecule has 0 radical (unpaired) electrons. The number of hydrogen-bond acceptors (Lipinski definition) is 3. The first-order chi connectivity index (χ1) is 14.7. The van der Waals surface area contributed by atoms with E-state index in [0.29, 0.717) is 5.56 Å². The highest BCUT2D eigenvalue weighted by molar-refractivity contribution is 6.21. The maximum absolute atomic E-state index is 12.6. The van der Waals surface area contributed by atoms with Crippen molar-refractivity contribution in [2.75, 3.05) is 6.54 Å². The number of carbonyl (C=O) groups excluding carboxylic acids is 3. The molecule has 0 aliphatic rings. The minimum absolute atomic E-state index is 0.0499. The molecule has 32 heavy (non-hydrogen) atoms. The molecular weight excluding hydrogens is 468 g/mol. The van der Waals surface area contributed by atoms with Crippen molar-refractivity contribution in [1.29, 1.82) is 0 Å². The van der Waals surface area contributed by atoms with E-state index in [1.54, 1.807) is 41.0 Å². The van der Waals surface area contributed by atoms with Gasteiger partial charge in [-0.05, 0) is 31.7 Å². The van der Waals surface area contributed by atoms with Gasteiger partial charge in [-0.15, -0.1) is 11.6 Å². The molecular formula is C19H22ClF6N3O3. The van der Waals surface area contributed by atoms with Gasteiger partial charge in [0.25, 0.3) is 0 Å². The third-order valence-corrected chi connectivity index (χ3v) is 4.90. The first-order valence-corrected chi connectivity index (χ1v) is 9.89. The van der Waals surface area contributed by atoms with Gasteiger partial charge in [0.05, 0.1) is 5.38 Å². The number of alkyl halides is 7. The van der Waals surface area contributed by atoms with Gasteiger partial charge in [-0.2, -0.15) is 26.3 Å². The molecule has 3 amide bonds. The van der Waals surface area contributed by atoms with Crippen LogP contribution in [0.5, 0.6) is 0 Å². The number of carbonyl (C=O) groups is 3. The monoisotopic (exact) mass is 489 g/mol. The molecule has 180 valence electrons. The molecule has 0 spiro atoms. The molecule has 0 saturated heterocycles. The van der Waals surface area contributed by atoms with Gasteiger partial charge in [-0.25, -0.2) is 0 Å². The van der Waals surface area contributed by atoms with Crippen LogP contribution < -0.4 is 16.0 Å². The van der Waals surface area contributed by atoms with Crippen molar-refractivity contribution < 1.29 is 40.7 Å². The van der Waals surface area contributed by atoms with E-state index < -0.39 is 54.1 Å². The van der Waals surface area contributed by atoms with Gasteiger partial charge >= 0.3 is 24.2 Å². The van der Waals surface area contributed by atoms with Crippen LogP contribution in [0.4, 0.5) is 26.3 Å². The maximum atomic E-state index is 12.6. The van der Waals surface area contributed by atoms with E-state index in [1.165, 1.54) is 6.92 Å². The summed E-state index contributed by atoms with van der Waals surface area (Å²) in [4.78, 5) is 34.5. The molecule has 13 heteroatoms. The topological polar surface area (TPSA) is 87.3 Å². The van der Waals surface area contributed by atoms with Gasteiger partial charge in [0, 0.05) is 12.6 Å². The maximum Gasteiger partial charge on any atom is 0.471 e. The van der Waals surface area contributed by atoms with Crippen LogP contribution in [0.1, 0.15) is 37.1 Å². The van der Waals surface area contributed by atoms with Gasteiger partial charge in [-0.1, -0.05) is 30.3 Å². The Kier molecular flexibility index (Phi) is 10.3. The van der Waals surface area contributed by atoms with Crippen molar-refractivity contribution in [2.24, 2.45) is 0 Å². The first kappa shape index (κ1) is 27.5. The third-order valence-electron chi connectivity index (χ3n) is 4.27. The summed E-state index contributed by atoms with van der Waals surface area (Å²) in [7, 11) is 0. The van der Waals surface area contributed by atoms with Crippen LogP contribution in [0.15, 0.2) is 30.3 Å². The van der Waals surface area contributed by atoms with E-state index >= 15 is 0 Å². The smallest absolute Gasteiger partial charge is 0.350 e. The van der Waals surface area contributed by atoms with Crippen LogP contribution in [0, 0.1) is 0 Å². The largest absolute Gasteiger partial charge is 0.471 e. The van der Waals surface area contributed by atoms with E-state index in [0.717, 1.165) is 0 Å². The van der Waals surface area contributed by atoms with Gasteiger partial charge in [0.15, 0.2) is 0 Å². The van der Waals surface area contributed by atoms with E-state index in [1.807, 2.05) is 0 Å².